The number of pyridine rings is 1. The number of aromatic nitrogens is 1. The van der Waals surface area contributed by atoms with Crippen molar-refractivity contribution in [2.75, 3.05) is 26.7 Å². The summed E-state index contributed by atoms with van der Waals surface area (Å²) in [6.45, 7) is 11.3. The Morgan fingerprint density at radius 1 is 1.07 bits per heavy atom. The molecule has 0 unspecified atom stereocenters. The van der Waals surface area contributed by atoms with Crippen LogP contribution in [0.4, 0.5) is 0 Å². The zero-order chi connectivity index (χ0) is 20.4. The van der Waals surface area contributed by atoms with Crippen molar-refractivity contribution in [2.45, 2.75) is 40.5 Å². The molecular formula is C24H34N4. The molecule has 0 radical (unpaired) electrons. The van der Waals surface area contributed by atoms with Crippen molar-refractivity contribution in [2.24, 2.45) is 4.99 Å². The van der Waals surface area contributed by atoms with E-state index in [0.29, 0.717) is 0 Å². The standard InChI is InChI=1S/C24H34N4/c1-6-19-12-10-13-20(7-2)23(19)24(28(5)9-4)27-22(15-17-25-8-3)21-14-11-16-26-18-21/h10-16,18,25H,6-9,17H2,1-5H3/b22-15+,27-24?. The minimum Gasteiger partial charge on any atom is -0.359 e. The van der Waals surface area contributed by atoms with E-state index in [9.17, 15) is 0 Å². The highest BCUT2D eigenvalue weighted by Gasteiger charge is 2.17. The molecule has 0 aliphatic rings. The molecule has 0 bridgehead atoms. The number of likely N-dealkylation sites (N-methyl/N-ethyl adjacent to an activating group) is 1. The molecule has 1 aromatic heterocycles. The van der Waals surface area contributed by atoms with Crippen LogP contribution < -0.4 is 5.32 Å². The number of amidine groups is 1. The van der Waals surface area contributed by atoms with Crippen LogP contribution in [0.15, 0.2) is 53.8 Å². The topological polar surface area (TPSA) is 40.5 Å². The van der Waals surface area contributed by atoms with Crippen molar-refractivity contribution in [3.63, 3.8) is 0 Å². The fourth-order valence-electron chi connectivity index (χ4n) is 3.18. The SMILES string of the molecule is CCNC/C=C(/N=C(c1c(CC)cccc1CC)N(C)CC)c1cccnc1. The lowest BCUT2D eigenvalue weighted by Crippen LogP contribution is -2.29. The Bertz CT molecular complexity index is 771. The first-order valence-corrected chi connectivity index (χ1v) is 10.4. The first-order chi connectivity index (χ1) is 13.7. The summed E-state index contributed by atoms with van der Waals surface area (Å²) in [5.74, 6) is 1.03. The largest absolute Gasteiger partial charge is 0.359 e. The summed E-state index contributed by atoms with van der Waals surface area (Å²) in [6.07, 6.45) is 7.82. The maximum atomic E-state index is 5.20. The van der Waals surface area contributed by atoms with Gasteiger partial charge in [-0.25, -0.2) is 4.99 Å². The number of nitrogens with zero attached hydrogens (tertiary/aromatic N) is 3. The van der Waals surface area contributed by atoms with Crippen molar-refractivity contribution >= 4 is 11.5 Å². The molecule has 4 nitrogen and oxygen atoms in total. The highest BCUT2D eigenvalue weighted by molar-refractivity contribution is 6.04. The van der Waals surface area contributed by atoms with Gasteiger partial charge in [0.15, 0.2) is 0 Å². The lowest BCUT2D eigenvalue weighted by Gasteiger charge is -2.24. The smallest absolute Gasteiger partial charge is 0.136 e. The molecule has 0 amide bonds. The quantitative estimate of drug-likeness (QED) is 0.395. The van der Waals surface area contributed by atoms with Gasteiger partial charge in [-0.2, -0.15) is 0 Å². The van der Waals surface area contributed by atoms with Gasteiger partial charge in [-0.15, -0.1) is 0 Å². The third-order valence-electron chi connectivity index (χ3n) is 4.93. The number of aryl methyl sites for hydroxylation is 2. The van der Waals surface area contributed by atoms with Crippen molar-refractivity contribution < 1.29 is 0 Å². The molecule has 1 N–H and O–H groups in total. The molecule has 150 valence electrons. The van der Waals surface area contributed by atoms with E-state index in [1.165, 1.54) is 16.7 Å². The van der Waals surface area contributed by atoms with Crippen molar-refractivity contribution in [1.82, 2.24) is 15.2 Å². The minimum atomic E-state index is 0.781. The van der Waals surface area contributed by atoms with Crippen LogP contribution in [0.25, 0.3) is 5.70 Å². The lowest BCUT2D eigenvalue weighted by atomic mass is 9.96. The number of rotatable bonds is 9. The van der Waals surface area contributed by atoms with Gasteiger partial charge in [0.05, 0.1) is 5.70 Å². The minimum absolute atomic E-state index is 0.781. The predicted octanol–water partition coefficient (Wildman–Crippen LogP) is 4.56. The van der Waals surface area contributed by atoms with Gasteiger partial charge in [-0.05, 0) is 55.6 Å². The van der Waals surface area contributed by atoms with Crippen LogP contribution in [0.1, 0.15) is 49.9 Å². The van der Waals surface area contributed by atoms with E-state index in [4.69, 9.17) is 4.99 Å². The van der Waals surface area contributed by atoms with Crippen LogP contribution in [0.5, 0.6) is 0 Å². The molecule has 0 atom stereocenters. The zero-order valence-corrected chi connectivity index (χ0v) is 18.0. The Hall–Kier alpha value is -2.46. The highest BCUT2D eigenvalue weighted by atomic mass is 15.2. The van der Waals surface area contributed by atoms with Crippen LogP contribution in [-0.2, 0) is 12.8 Å². The molecule has 4 heteroatoms. The van der Waals surface area contributed by atoms with E-state index in [1.807, 2.05) is 12.3 Å². The van der Waals surface area contributed by atoms with Crippen LogP contribution in [-0.4, -0.2) is 42.4 Å². The van der Waals surface area contributed by atoms with Crippen molar-refractivity contribution in [3.05, 3.63) is 71.1 Å². The van der Waals surface area contributed by atoms with Crippen LogP contribution in [0.2, 0.25) is 0 Å². The monoisotopic (exact) mass is 378 g/mol. The van der Waals surface area contributed by atoms with Crippen molar-refractivity contribution in [3.8, 4) is 0 Å². The van der Waals surface area contributed by atoms with Gasteiger partial charge in [0.25, 0.3) is 0 Å². The van der Waals surface area contributed by atoms with E-state index < -0.39 is 0 Å². The second-order valence-corrected chi connectivity index (χ2v) is 6.75. The number of nitrogens with one attached hydrogen (secondary N) is 1. The van der Waals surface area contributed by atoms with E-state index in [0.717, 1.165) is 49.6 Å². The number of hydrogen-bond acceptors (Lipinski definition) is 3. The number of benzene rings is 1. The fourth-order valence-corrected chi connectivity index (χ4v) is 3.18. The summed E-state index contributed by atoms with van der Waals surface area (Å²) in [6, 6.07) is 10.6. The normalized spacial score (nSPS) is 12.3. The van der Waals surface area contributed by atoms with Gasteiger partial charge in [-0.3, -0.25) is 4.98 Å². The highest BCUT2D eigenvalue weighted by Crippen LogP contribution is 2.23. The summed E-state index contributed by atoms with van der Waals surface area (Å²) in [5, 5.41) is 3.37. The first-order valence-electron chi connectivity index (χ1n) is 10.4. The second-order valence-electron chi connectivity index (χ2n) is 6.75. The summed E-state index contributed by atoms with van der Waals surface area (Å²) in [7, 11) is 2.12. The van der Waals surface area contributed by atoms with E-state index in [-0.39, 0.29) is 0 Å². The molecule has 1 aromatic carbocycles. The molecule has 0 aliphatic carbocycles. The average molecular weight is 379 g/mol. The van der Waals surface area contributed by atoms with Gasteiger partial charge in [-0.1, -0.05) is 39.0 Å². The van der Waals surface area contributed by atoms with Crippen LogP contribution in [0.3, 0.4) is 0 Å². The summed E-state index contributed by atoms with van der Waals surface area (Å²) >= 11 is 0. The third-order valence-corrected chi connectivity index (χ3v) is 4.93. The van der Waals surface area contributed by atoms with Crippen LogP contribution >= 0.6 is 0 Å². The zero-order valence-electron chi connectivity index (χ0n) is 18.0. The molecule has 1 heterocycles. The van der Waals surface area contributed by atoms with Gasteiger partial charge in [0.1, 0.15) is 5.84 Å². The molecule has 0 spiro atoms. The first kappa shape index (κ1) is 21.8. The summed E-state index contributed by atoms with van der Waals surface area (Å²) in [5.41, 5.74) is 5.95. The van der Waals surface area contributed by atoms with Gasteiger partial charge < -0.3 is 10.2 Å². The van der Waals surface area contributed by atoms with Crippen LogP contribution in [0, 0.1) is 0 Å². The average Bonchev–Trinajstić information content (AvgIpc) is 2.75. The fraction of sp³-hybridized carbons (Fsp3) is 0.417. The molecule has 2 aromatic rings. The Morgan fingerprint density at radius 3 is 2.32 bits per heavy atom. The molecule has 0 fully saturated rings. The molecule has 2 rings (SSSR count). The van der Waals surface area contributed by atoms with E-state index in [2.05, 4.69) is 80.3 Å². The maximum Gasteiger partial charge on any atom is 0.136 e. The Morgan fingerprint density at radius 2 is 1.79 bits per heavy atom. The summed E-state index contributed by atoms with van der Waals surface area (Å²) in [4.78, 5) is 11.7. The molecule has 0 saturated carbocycles. The third kappa shape index (κ3) is 5.52. The Balaban J connectivity index is 2.66. The molecular weight excluding hydrogens is 344 g/mol. The van der Waals surface area contributed by atoms with E-state index in [1.54, 1.807) is 6.20 Å². The van der Waals surface area contributed by atoms with Gasteiger partial charge in [0, 0.05) is 43.7 Å². The second kappa shape index (κ2) is 11.4. The van der Waals surface area contributed by atoms with E-state index >= 15 is 0 Å². The Labute approximate surface area is 170 Å². The number of aliphatic imine (C=N–C) groups is 1. The predicted molar refractivity (Wildman–Crippen MR) is 121 cm³/mol. The lowest BCUT2D eigenvalue weighted by molar-refractivity contribution is 0.536. The maximum absolute atomic E-state index is 5.20. The van der Waals surface area contributed by atoms with Gasteiger partial charge >= 0.3 is 0 Å². The van der Waals surface area contributed by atoms with Crippen molar-refractivity contribution in [1.29, 1.82) is 0 Å². The molecule has 0 saturated heterocycles. The molecule has 0 aliphatic heterocycles. The summed E-state index contributed by atoms with van der Waals surface area (Å²) < 4.78 is 0. The van der Waals surface area contributed by atoms with Gasteiger partial charge in [0.2, 0.25) is 0 Å². The number of hydrogen-bond donors (Lipinski definition) is 1. The Kier molecular flexibility index (Phi) is 8.89. The molecule has 28 heavy (non-hydrogen) atoms.